The highest BCUT2D eigenvalue weighted by Crippen LogP contribution is 2.40. The molecule has 0 amide bonds. The van der Waals surface area contributed by atoms with Gasteiger partial charge in [0.25, 0.3) is 0 Å². The average Bonchev–Trinajstić information content (AvgIpc) is 2.70. The summed E-state index contributed by atoms with van der Waals surface area (Å²) >= 11 is 0. The van der Waals surface area contributed by atoms with Gasteiger partial charge in [-0.1, -0.05) is 37.3 Å². The minimum atomic E-state index is -0.319. The summed E-state index contributed by atoms with van der Waals surface area (Å²) in [5.74, 6) is 6.15. The Hall–Kier alpha value is -2.01. The third-order valence-corrected chi connectivity index (χ3v) is 4.10. The molecule has 0 saturated heterocycles. The summed E-state index contributed by atoms with van der Waals surface area (Å²) in [5.41, 5.74) is 3.93. The fraction of sp³-hybridized carbons (Fsp3) is 0.421. The van der Waals surface area contributed by atoms with Crippen LogP contribution in [0.5, 0.6) is 0 Å². The number of ether oxygens (including phenoxy) is 1. The van der Waals surface area contributed by atoms with E-state index in [-0.39, 0.29) is 11.4 Å². The summed E-state index contributed by atoms with van der Waals surface area (Å²) in [4.78, 5) is 11.1. The molecule has 0 fully saturated rings. The lowest BCUT2D eigenvalue weighted by Crippen LogP contribution is -2.18. The van der Waals surface area contributed by atoms with Crippen LogP contribution < -0.4 is 0 Å². The van der Waals surface area contributed by atoms with Gasteiger partial charge in [-0.3, -0.25) is 0 Å². The molecule has 2 rings (SSSR count). The molecule has 0 radical (unpaired) electrons. The topological polar surface area (TPSA) is 26.3 Å². The van der Waals surface area contributed by atoms with Crippen molar-refractivity contribution in [2.24, 2.45) is 5.41 Å². The molecule has 2 heteroatoms. The highest BCUT2D eigenvalue weighted by Gasteiger charge is 2.26. The second-order valence-electron chi connectivity index (χ2n) is 6.31. The van der Waals surface area contributed by atoms with E-state index in [9.17, 15) is 4.79 Å². The Kier molecular flexibility index (Phi) is 4.53. The number of allylic oxidation sites excluding steroid dienone is 6. The lowest BCUT2D eigenvalue weighted by Gasteiger charge is -2.32. The van der Waals surface area contributed by atoms with Gasteiger partial charge in [0.05, 0.1) is 0 Å². The van der Waals surface area contributed by atoms with Gasteiger partial charge in [-0.05, 0) is 55.7 Å². The largest absolute Gasteiger partial charge is 0.422 e. The summed E-state index contributed by atoms with van der Waals surface area (Å²) in [6.07, 6.45) is 10.8. The van der Waals surface area contributed by atoms with Crippen LogP contribution >= 0.6 is 0 Å². The van der Waals surface area contributed by atoms with Crippen LogP contribution in [-0.2, 0) is 9.53 Å². The van der Waals surface area contributed by atoms with Gasteiger partial charge in [-0.15, -0.1) is 0 Å². The van der Waals surface area contributed by atoms with Gasteiger partial charge in [0.1, 0.15) is 5.76 Å². The van der Waals surface area contributed by atoms with Crippen molar-refractivity contribution in [3.05, 3.63) is 46.8 Å². The van der Waals surface area contributed by atoms with Crippen molar-refractivity contribution in [1.29, 1.82) is 0 Å². The van der Waals surface area contributed by atoms with E-state index in [4.69, 9.17) is 4.74 Å². The van der Waals surface area contributed by atoms with E-state index in [0.29, 0.717) is 5.76 Å². The molecule has 0 saturated carbocycles. The zero-order valence-corrected chi connectivity index (χ0v) is 13.2. The third-order valence-electron chi connectivity index (χ3n) is 4.10. The second-order valence-corrected chi connectivity index (χ2v) is 6.31. The van der Waals surface area contributed by atoms with Gasteiger partial charge in [-0.25, -0.2) is 4.79 Å². The normalized spacial score (nSPS) is 23.1. The Morgan fingerprint density at radius 3 is 2.67 bits per heavy atom. The SMILES string of the molecule is CC1=CC(=O)O/C1=C\C#C/C=C/C1=C(C)CCCC1(C)C. The molecule has 110 valence electrons. The van der Waals surface area contributed by atoms with E-state index >= 15 is 0 Å². The maximum atomic E-state index is 11.1. The Morgan fingerprint density at radius 1 is 1.29 bits per heavy atom. The Balaban J connectivity index is 2.07. The average molecular weight is 282 g/mol. The molecule has 0 bridgehead atoms. The first kappa shape index (κ1) is 15.4. The van der Waals surface area contributed by atoms with Crippen LogP contribution in [0, 0.1) is 17.3 Å². The number of cyclic esters (lactones) is 1. The lowest BCUT2D eigenvalue weighted by atomic mass is 9.73. The Morgan fingerprint density at radius 2 is 2.05 bits per heavy atom. The van der Waals surface area contributed by atoms with Crippen LogP contribution in [0.3, 0.4) is 0 Å². The molecule has 0 aromatic rings. The Labute approximate surface area is 127 Å². The highest BCUT2D eigenvalue weighted by molar-refractivity contribution is 5.88. The van der Waals surface area contributed by atoms with Crippen molar-refractivity contribution < 1.29 is 9.53 Å². The van der Waals surface area contributed by atoms with Crippen molar-refractivity contribution >= 4 is 5.97 Å². The smallest absolute Gasteiger partial charge is 0.336 e. The molecule has 2 nitrogen and oxygen atoms in total. The third kappa shape index (κ3) is 3.76. The van der Waals surface area contributed by atoms with Crippen molar-refractivity contribution in [3.63, 3.8) is 0 Å². The summed E-state index contributed by atoms with van der Waals surface area (Å²) in [6.45, 7) is 8.63. The van der Waals surface area contributed by atoms with E-state index < -0.39 is 0 Å². The molecule has 0 atom stereocenters. The van der Waals surface area contributed by atoms with Gasteiger partial charge in [-0.2, -0.15) is 0 Å². The van der Waals surface area contributed by atoms with E-state index in [1.165, 1.54) is 36.5 Å². The van der Waals surface area contributed by atoms with Crippen LogP contribution in [0.15, 0.2) is 46.8 Å². The van der Waals surface area contributed by atoms with Crippen molar-refractivity contribution in [2.75, 3.05) is 0 Å². The number of carbonyl (C=O) groups excluding carboxylic acids is 1. The fourth-order valence-electron chi connectivity index (χ4n) is 2.90. The zero-order chi connectivity index (χ0) is 15.5. The van der Waals surface area contributed by atoms with E-state index in [0.717, 1.165) is 5.57 Å². The van der Waals surface area contributed by atoms with Gasteiger partial charge in [0.15, 0.2) is 0 Å². The summed E-state index contributed by atoms with van der Waals surface area (Å²) in [5, 5.41) is 0. The van der Waals surface area contributed by atoms with Gasteiger partial charge >= 0.3 is 5.97 Å². The number of carbonyl (C=O) groups is 1. The molecule has 21 heavy (non-hydrogen) atoms. The maximum Gasteiger partial charge on any atom is 0.336 e. The van der Waals surface area contributed by atoms with Crippen molar-refractivity contribution in [1.82, 2.24) is 0 Å². The standard InChI is InChI=1S/C19H22O2/c1-14-9-8-12-19(3,4)16(14)10-6-5-7-11-17-15(2)13-18(20)21-17/h6,10-11,13H,8-9,12H2,1-4H3/b10-6+,17-11-. The van der Waals surface area contributed by atoms with Gasteiger partial charge in [0.2, 0.25) is 0 Å². The first-order valence-electron chi connectivity index (χ1n) is 7.38. The van der Waals surface area contributed by atoms with Gasteiger partial charge in [0, 0.05) is 12.2 Å². The monoisotopic (exact) mass is 282 g/mol. The van der Waals surface area contributed by atoms with Crippen LogP contribution in [0.2, 0.25) is 0 Å². The quantitative estimate of drug-likeness (QED) is 0.524. The number of hydrogen-bond donors (Lipinski definition) is 0. The van der Waals surface area contributed by atoms with Gasteiger partial charge < -0.3 is 4.74 Å². The zero-order valence-electron chi connectivity index (χ0n) is 13.2. The molecule has 1 heterocycles. The molecule has 0 spiro atoms. The predicted molar refractivity (Wildman–Crippen MR) is 85.2 cm³/mol. The maximum absolute atomic E-state index is 11.1. The number of rotatable bonds is 1. The van der Waals surface area contributed by atoms with Crippen LogP contribution in [-0.4, -0.2) is 5.97 Å². The summed E-state index contributed by atoms with van der Waals surface area (Å²) in [7, 11) is 0. The first-order valence-corrected chi connectivity index (χ1v) is 7.38. The molecule has 1 aliphatic carbocycles. The second kappa shape index (κ2) is 6.18. The lowest BCUT2D eigenvalue weighted by molar-refractivity contribution is -0.132. The summed E-state index contributed by atoms with van der Waals surface area (Å²) in [6, 6.07) is 0. The highest BCUT2D eigenvalue weighted by atomic mass is 16.5. The van der Waals surface area contributed by atoms with Crippen molar-refractivity contribution in [3.8, 4) is 11.8 Å². The van der Waals surface area contributed by atoms with Crippen LogP contribution in [0.4, 0.5) is 0 Å². The number of esters is 1. The molecular formula is C19H22O2. The predicted octanol–water partition coefficient (Wildman–Crippen LogP) is 4.46. The van der Waals surface area contributed by atoms with E-state index in [2.05, 4.69) is 38.7 Å². The molecule has 0 N–H and O–H groups in total. The van der Waals surface area contributed by atoms with E-state index in [1.54, 1.807) is 6.08 Å². The minimum Gasteiger partial charge on any atom is -0.422 e. The molecule has 2 aliphatic rings. The van der Waals surface area contributed by atoms with E-state index in [1.807, 2.05) is 13.0 Å². The first-order chi connectivity index (χ1) is 9.90. The fourth-order valence-corrected chi connectivity index (χ4v) is 2.90. The number of hydrogen-bond acceptors (Lipinski definition) is 2. The molecule has 0 aromatic carbocycles. The molecule has 1 aliphatic heterocycles. The van der Waals surface area contributed by atoms with Crippen LogP contribution in [0.1, 0.15) is 47.0 Å². The minimum absolute atomic E-state index is 0.235. The molecule has 0 aromatic heterocycles. The van der Waals surface area contributed by atoms with Crippen molar-refractivity contribution in [2.45, 2.75) is 47.0 Å². The molecular weight excluding hydrogens is 260 g/mol. The Bertz CT molecular complexity index is 628. The summed E-state index contributed by atoms with van der Waals surface area (Å²) < 4.78 is 5.01. The molecule has 0 unspecified atom stereocenters. The van der Waals surface area contributed by atoms with Crippen LogP contribution in [0.25, 0.3) is 0 Å².